The van der Waals surface area contributed by atoms with Gasteiger partial charge in [-0.2, -0.15) is 0 Å². The van der Waals surface area contributed by atoms with Crippen molar-refractivity contribution >= 4 is 46.6 Å². The SMILES string of the molecule is O=C(Nc1cc(Cl)ccc1Cl)[C@H](Cc1ccccc1)N1C(=O)[C@@H]2[C@H]3CC[C@@H](C3)[C@H]2C1=O. The maximum Gasteiger partial charge on any atom is 0.248 e. The highest BCUT2D eigenvalue weighted by Crippen LogP contribution is 2.56. The van der Waals surface area contributed by atoms with Gasteiger partial charge in [-0.1, -0.05) is 53.5 Å². The number of nitrogens with one attached hydrogen (secondary N) is 1. The van der Waals surface area contributed by atoms with E-state index in [-0.39, 0.29) is 41.9 Å². The summed E-state index contributed by atoms with van der Waals surface area (Å²) in [6.45, 7) is 0. The van der Waals surface area contributed by atoms with Crippen molar-refractivity contribution in [3.8, 4) is 0 Å². The van der Waals surface area contributed by atoms with E-state index in [2.05, 4.69) is 5.32 Å². The Morgan fingerprint density at radius 1 is 1.00 bits per heavy atom. The highest BCUT2D eigenvalue weighted by Gasteiger charge is 2.62. The maximum atomic E-state index is 13.4. The van der Waals surface area contributed by atoms with Crippen molar-refractivity contribution in [1.82, 2.24) is 4.90 Å². The van der Waals surface area contributed by atoms with Crippen LogP contribution in [0.3, 0.4) is 0 Å². The predicted octanol–water partition coefficient (Wildman–Crippen LogP) is 4.57. The predicted molar refractivity (Wildman–Crippen MR) is 119 cm³/mol. The Morgan fingerprint density at radius 2 is 1.65 bits per heavy atom. The van der Waals surface area contributed by atoms with Crippen LogP contribution >= 0.6 is 23.2 Å². The zero-order chi connectivity index (χ0) is 21.7. The first kappa shape index (κ1) is 20.5. The van der Waals surface area contributed by atoms with E-state index in [9.17, 15) is 14.4 Å². The third-order valence-electron chi connectivity index (χ3n) is 7.03. The minimum atomic E-state index is -0.942. The molecule has 1 heterocycles. The number of fused-ring (bicyclic) bond motifs is 5. The summed E-state index contributed by atoms with van der Waals surface area (Å²) in [6, 6.07) is 13.3. The fourth-order valence-electron chi connectivity index (χ4n) is 5.69. The number of hydrogen-bond donors (Lipinski definition) is 1. The molecule has 0 aromatic heterocycles. The van der Waals surface area contributed by atoms with Crippen molar-refractivity contribution in [2.75, 3.05) is 5.32 Å². The Morgan fingerprint density at radius 3 is 2.29 bits per heavy atom. The molecule has 5 nitrogen and oxygen atoms in total. The van der Waals surface area contributed by atoms with Crippen molar-refractivity contribution in [1.29, 1.82) is 0 Å². The summed E-state index contributed by atoms with van der Waals surface area (Å²) in [6.07, 6.45) is 3.18. The number of likely N-dealkylation sites (tertiary alicyclic amines) is 1. The lowest BCUT2D eigenvalue weighted by Gasteiger charge is -2.27. The normalized spacial score (nSPS) is 27.5. The number of anilines is 1. The summed E-state index contributed by atoms with van der Waals surface area (Å²) in [4.78, 5) is 41.4. The Hall–Kier alpha value is -2.37. The van der Waals surface area contributed by atoms with E-state index in [1.54, 1.807) is 18.2 Å². The fraction of sp³-hybridized carbons (Fsp3) is 0.375. The topological polar surface area (TPSA) is 66.5 Å². The van der Waals surface area contributed by atoms with Gasteiger partial charge in [0.15, 0.2) is 0 Å². The first-order valence-electron chi connectivity index (χ1n) is 10.6. The standard InChI is InChI=1S/C24H22Cl2N2O3/c25-16-8-9-17(26)18(12-16)27-22(29)19(10-13-4-2-1-3-5-13)28-23(30)20-14-6-7-15(11-14)21(20)24(28)31/h1-5,8-9,12,14-15,19-21H,6-7,10-11H2,(H,27,29)/t14-,15-,19-,20+,21+/m0/s1. The van der Waals surface area contributed by atoms with Gasteiger partial charge in [0.25, 0.3) is 0 Å². The molecule has 1 aliphatic heterocycles. The van der Waals surface area contributed by atoms with Gasteiger partial charge in [0.05, 0.1) is 22.5 Å². The third-order valence-corrected chi connectivity index (χ3v) is 7.60. The van der Waals surface area contributed by atoms with Gasteiger partial charge in [-0.25, -0.2) is 0 Å². The van der Waals surface area contributed by atoms with Gasteiger partial charge < -0.3 is 5.32 Å². The van der Waals surface area contributed by atoms with Crippen molar-refractivity contribution < 1.29 is 14.4 Å². The molecule has 2 aliphatic carbocycles. The van der Waals surface area contributed by atoms with E-state index < -0.39 is 11.9 Å². The zero-order valence-corrected chi connectivity index (χ0v) is 18.3. The van der Waals surface area contributed by atoms with Gasteiger partial charge in [0.2, 0.25) is 17.7 Å². The van der Waals surface area contributed by atoms with E-state index in [1.807, 2.05) is 30.3 Å². The van der Waals surface area contributed by atoms with Crippen LogP contribution in [0.4, 0.5) is 5.69 Å². The fourth-order valence-corrected chi connectivity index (χ4v) is 6.02. The average Bonchev–Trinajstić information content (AvgIpc) is 3.44. The number of halogens is 2. The van der Waals surface area contributed by atoms with Crippen LogP contribution in [0.1, 0.15) is 24.8 Å². The second-order valence-electron chi connectivity index (χ2n) is 8.75. The summed E-state index contributed by atoms with van der Waals surface area (Å²) in [5, 5.41) is 3.56. The van der Waals surface area contributed by atoms with E-state index in [1.165, 1.54) is 4.90 Å². The molecule has 2 bridgehead atoms. The zero-order valence-electron chi connectivity index (χ0n) is 16.8. The Labute approximate surface area is 190 Å². The summed E-state index contributed by atoms with van der Waals surface area (Å²) < 4.78 is 0. The third kappa shape index (κ3) is 3.54. The van der Waals surface area contributed by atoms with Crippen LogP contribution in [0.2, 0.25) is 10.0 Å². The smallest absolute Gasteiger partial charge is 0.248 e. The number of amides is 3. The summed E-state index contributed by atoms with van der Waals surface area (Å²) in [5.74, 6) is -0.856. The molecule has 1 saturated heterocycles. The summed E-state index contributed by atoms with van der Waals surface area (Å²) in [7, 11) is 0. The Kier molecular flexibility index (Phi) is 5.27. The molecule has 7 heteroatoms. The Balaban J connectivity index is 1.47. The lowest BCUT2D eigenvalue weighted by atomic mass is 9.81. The van der Waals surface area contributed by atoms with Crippen LogP contribution in [0.15, 0.2) is 48.5 Å². The molecule has 5 atom stereocenters. The van der Waals surface area contributed by atoms with Gasteiger partial charge in [-0.05, 0) is 54.9 Å². The van der Waals surface area contributed by atoms with Gasteiger partial charge in [0, 0.05) is 11.4 Å². The van der Waals surface area contributed by atoms with Crippen LogP contribution in [-0.4, -0.2) is 28.7 Å². The molecule has 3 amide bonds. The number of carbonyl (C=O) groups is 3. The van der Waals surface area contributed by atoms with Crippen LogP contribution < -0.4 is 5.32 Å². The lowest BCUT2D eigenvalue weighted by Crippen LogP contribution is -2.49. The Bertz CT molecular complexity index is 1030. The highest BCUT2D eigenvalue weighted by molar-refractivity contribution is 6.35. The molecule has 1 N–H and O–H groups in total. The number of carbonyl (C=O) groups excluding carboxylic acids is 3. The number of benzene rings is 2. The van der Waals surface area contributed by atoms with Crippen molar-refractivity contribution in [3.05, 3.63) is 64.1 Å². The first-order chi connectivity index (χ1) is 14.9. The quantitative estimate of drug-likeness (QED) is 0.669. The molecule has 2 aromatic rings. The molecule has 3 fully saturated rings. The minimum absolute atomic E-state index is 0.199. The number of rotatable bonds is 5. The highest BCUT2D eigenvalue weighted by atomic mass is 35.5. The van der Waals surface area contributed by atoms with E-state index in [0.29, 0.717) is 15.7 Å². The molecule has 0 unspecified atom stereocenters. The average molecular weight is 457 g/mol. The van der Waals surface area contributed by atoms with Crippen molar-refractivity contribution in [2.45, 2.75) is 31.7 Å². The summed E-state index contributed by atoms with van der Waals surface area (Å²) >= 11 is 12.3. The van der Waals surface area contributed by atoms with E-state index in [0.717, 1.165) is 24.8 Å². The van der Waals surface area contributed by atoms with Crippen LogP contribution in [0.25, 0.3) is 0 Å². The minimum Gasteiger partial charge on any atom is -0.323 e. The van der Waals surface area contributed by atoms with Gasteiger partial charge in [0.1, 0.15) is 6.04 Å². The van der Waals surface area contributed by atoms with Crippen LogP contribution in [-0.2, 0) is 20.8 Å². The van der Waals surface area contributed by atoms with E-state index >= 15 is 0 Å². The maximum absolute atomic E-state index is 13.4. The molecule has 31 heavy (non-hydrogen) atoms. The monoisotopic (exact) mass is 456 g/mol. The number of hydrogen-bond acceptors (Lipinski definition) is 3. The molecule has 160 valence electrons. The first-order valence-corrected chi connectivity index (χ1v) is 11.4. The van der Waals surface area contributed by atoms with Gasteiger partial charge >= 0.3 is 0 Å². The molecule has 0 spiro atoms. The second kappa shape index (κ2) is 7.95. The molecule has 2 saturated carbocycles. The van der Waals surface area contributed by atoms with Gasteiger partial charge in [-0.3, -0.25) is 19.3 Å². The lowest BCUT2D eigenvalue weighted by molar-refractivity contribution is -0.147. The van der Waals surface area contributed by atoms with E-state index in [4.69, 9.17) is 23.2 Å². The second-order valence-corrected chi connectivity index (χ2v) is 9.59. The van der Waals surface area contributed by atoms with Crippen LogP contribution in [0.5, 0.6) is 0 Å². The van der Waals surface area contributed by atoms with Crippen molar-refractivity contribution in [3.63, 3.8) is 0 Å². The van der Waals surface area contributed by atoms with Gasteiger partial charge in [-0.15, -0.1) is 0 Å². The number of imide groups is 1. The number of nitrogens with zero attached hydrogens (tertiary/aromatic N) is 1. The molecular formula is C24H22Cl2N2O3. The van der Waals surface area contributed by atoms with Crippen LogP contribution in [0, 0.1) is 23.7 Å². The molecular weight excluding hydrogens is 435 g/mol. The molecule has 2 aromatic carbocycles. The van der Waals surface area contributed by atoms with Crippen molar-refractivity contribution in [2.24, 2.45) is 23.7 Å². The molecule has 5 rings (SSSR count). The molecule has 3 aliphatic rings. The summed E-state index contributed by atoms with van der Waals surface area (Å²) in [5.41, 5.74) is 1.23. The largest absolute Gasteiger partial charge is 0.323 e. The molecule has 0 radical (unpaired) electrons.